The number of aromatic nitrogens is 1. The highest BCUT2D eigenvalue weighted by molar-refractivity contribution is 7.89. The maximum Gasteiger partial charge on any atom is 0.240 e. The van der Waals surface area contributed by atoms with Crippen molar-refractivity contribution in [2.24, 2.45) is 5.92 Å². The monoisotopic (exact) mass is 304 g/mol. The molecule has 0 spiro atoms. The Bertz CT molecular complexity index is 528. The molecule has 2 rings (SSSR count). The van der Waals surface area contributed by atoms with E-state index in [-0.39, 0.29) is 22.1 Å². The van der Waals surface area contributed by atoms with Crippen LogP contribution in [0.25, 0.3) is 0 Å². The minimum atomic E-state index is -3.53. The molecule has 1 saturated carbocycles. The maximum atomic E-state index is 12.0. The van der Waals surface area contributed by atoms with Gasteiger partial charge in [-0.15, -0.1) is 0 Å². The fourth-order valence-corrected chi connectivity index (χ4v) is 3.58. The highest BCUT2D eigenvalue weighted by Crippen LogP contribution is 2.24. The summed E-state index contributed by atoms with van der Waals surface area (Å²) in [5.41, 5.74) is 0. The predicted octanol–water partition coefficient (Wildman–Crippen LogP) is 1.56. The summed E-state index contributed by atoms with van der Waals surface area (Å²) in [6.45, 7) is 0.398. The van der Waals surface area contributed by atoms with Gasteiger partial charge in [0, 0.05) is 12.7 Å². The van der Waals surface area contributed by atoms with Gasteiger partial charge in [0.25, 0.3) is 0 Å². The summed E-state index contributed by atoms with van der Waals surface area (Å²) in [5, 5.41) is 9.56. The molecule has 0 atom stereocenters. The Morgan fingerprint density at radius 3 is 2.68 bits per heavy atom. The number of halogens is 1. The summed E-state index contributed by atoms with van der Waals surface area (Å²) in [5.74, 6) is 0.287. The molecule has 19 heavy (non-hydrogen) atoms. The molecule has 1 aromatic rings. The molecule has 7 heteroatoms. The smallest absolute Gasteiger partial charge is 0.240 e. The molecular weight excluding hydrogens is 288 g/mol. The quantitative estimate of drug-likeness (QED) is 0.828. The lowest BCUT2D eigenvalue weighted by atomic mass is 9.88. The summed E-state index contributed by atoms with van der Waals surface area (Å²) in [6.07, 6.45) is 4.32. The van der Waals surface area contributed by atoms with Crippen LogP contribution in [-0.2, 0) is 10.0 Å². The van der Waals surface area contributed by atoms with Crippen LogP contribution in [0.15, 0.2) is 23.2 Å². The van der Waals surface area contributed by atoms with Gasteiger partial charge in [0.2, 0.25) is 10.0 Å². The van der Waals surface area contributed by atoms with Crippen LogP contribution in [0.1, 0.15) is 25.7 Å². The van der Waals surface area contributed by atoms with Crippen molar-refractivity contribution < 1.29 is 13.5 Å². The molecule has 0 aliphatic heterocycles. The Kier molecular flexibility index (Phi) is 4.78. The van der Waals surface area contributed by atoms with Gasteiger partial charge in [-0.25, -0.2) is 18.1 Å². The van der Waals surface area contributed by atoms with Gasteiger partial charge in [0.1, 0.15) is 5.15 Å². The lowest BCUT2D eigenvalue weighted by Gasteiger charge is -2.25. The van der Waals surface area contributed by atoms with Crippen molar-refractivity contribution in [3.8, 4) is 0 Å². The lowest BCUT2D eigenvalue weighted by molar-refractivity contribution is 0.109. The first-order valence-electron chi connectivity index (χ1n) is 6.26. The third kappa shape index (κ3) is 4.14. The van der Waals surface area contributed by atoms with E-state index in [0.717, 1.165) is 25.7 Å². The van der Waals surface area contributed by atoms with Gasteiger partial charge in [-0.05, 0) is 43.7 Å². The Morgan fingerprint density at radius 2 is 2.05 bits per heavy atom. The first kappa shape index (κ1) is 14.7. The molecular formula is C12H17ClN2O3S. The van der Waals surface area contributed by atoms with E-state index in [1.807, 2.05) is 0 Å². The topological polar surface area (TPSA) is 79.3 Å². The molecule has 1 heterocycles. The largest absolute Gasteiger partial charge is 0.393 e. The summed E-state index contributed by atoms with van der Waals surface area (Å²) >= 11 is 5.68. The van der Waals surface area contributed by atoms with Gasteiger partial charge in [0.05, 0.1) is 11.0 Å². The van der Waals surface area contributed by atoms with Crippen molar-refractivity contribution in [2.75, 3.05) is 6.54 Å². The average molecular weight is 305 g/mol. The number of pyridine rings is 1. The van der Waals surface area contributed by atoms with Crippen LogP contribution in [0.4, 0.5) is 0 Å². The molecule has 2 N–H and O–H groups in total. The average Bonchev–Trinajstić information content (AvgIpc) is 2.38. The first-order chi connectivity index (χ1) is 8.97. The van der Waals surface area contributed by atoms with Gasteiger partial charge < -0.3 is 5.11 Å². The molecule has 0 unspecified atom stereocenters. The van der Waals surface area contributed by atoms with Crippen molar-refractivity contribution in [1.29, 1.82) is 0 Å². The van der Waals surface area contributed by atoms with Gasteiger partial charge in [-0.3, -0.25) is 0 Å². The number of hydrogen-bond donors (Lipinski definition) is 2. The van der Waals surface area contributed by atoms with E-state index in [1.165, 1.54) is 18.3 Å². The first-order valence-corrected chi connectivity index (χ1v) is 8.13. The third-order valence-corrected chi connectivity index (χ3v) is 5.01. The normalized spacial score (nSPS) is 24.3. The molecule has 1 aromatic heterocycles. The fourth-order valence-electron chi connectivity index (χ4n) is 2.21. The van der Waals surface area contributed by atoms with E-state index < -0.39 is 10.0 Å². The minimum absolute atomic E-state index is 0.128. The summed E-state index contributed by atoms with van der Waals surface area (Å²) in [6, 6.07) is 2.74. The molecule has 106 valence electrons. The Labute approximate surface area is 118 Å². The van der Waals surface area contributed by atoms with Crippen LogP contribution >= 0.6 is 11.6 Å². The molecule has 1 aliphatic rings. The second-order valence-corrected chi connectivity index (χ2v) is 6.99. The Balaban J connectivity index is 1.95. The van der Waals surface area contributed by atoms with Gasteiger partial charge in [0.15, 0.2) is 0 Å². The van der Waals surface area contributed by atoms with Crippen LogP contribution < -0.4 is 4.72 Å². The van der Waals surface area contributed by atoms with Crippen molar-refractivity contribution in [3.05, 3.63) is 23.5 Å². The molecule has 0 radical (unpaired) electrons. The Hall–Kier alpha value is -0.690. The standard InChI is InChI=1S/C12H17ClN2O3S/c13-12-7-11(5-6-14-12)19(17,18)15-8-9-1-3-10(16)4-2-9/h5-7,9-10,15-16H,1-4,8H2. The SMILES string of the molecule is O=S(=O)(NCC1CCC(O)CC1)c1ccnc(Cl)c1. The fraction of sp³-hybridized carbons (Fsp3) is 0.583. The van der Waals surface area contributed by atoms with Crippen molar-refractivity contribution in [1.82, 2.24) is 9.71 Å². The number of sulfonamides is 1. The minimum Gasteiger partial charge on any atom is -0.393 e. The van der Waals surface area contributed by atoms with Crippen molar-refractivity contribution in [3.63, 3.8) is 0 Å². The molecule has 0 amide bonds. The van der Waals surface area contributed by atoms with Crippen molar-refractivity contribution >= 4 is 21.6 Å². The lowest BCUT2D eigenvalue weighted by Crippen LogP contribution is -2.32. The van der Waals surface area contributed by atoms with Crippen molar-refractivity contribution in [2.45, 2.75) is 36.7 Å². The zero-order valence-electron chi connectivity index (χ0n) is 10.4. The van der Waals surface area contributed by atoms with Crippen LogP contribution in [0.2, 0.25) is 5.15 Å². The summed E-state index contributed by atoms with van der Waals surface area (Å²) in [7, 11) is -3.53. The van der Waals surface area contributed by atoms with E-state index in [9.17, 15) is 13.5 Å². The van der Waals surface area contributed by atoms with E-state index in [2.05, 4.69) is 9.71 Å². The number of aliphatic hydroxyl groups is 1. The third-order valence-electron chi connectivity index (χ3n) is 3.39. The molecule has 0 bridgehead atoms. The molecule has 0 saturated heterocycles. The number of aliphatic hydroxyl groups excluding tert-OH is 1. The van der Waals surface area contributed by atoms with E-state index in [1.54, 1.807) is 0 Å². The molecule has 5 nitrogen and oxygen atoms in total. The zero-order chi connectivity index (χ0) is 13.9. The second-order valence-electron chi connectivity index (χ2n) is 4.84. The van der Waals surface area contributed by atoms with Crippen LogP contribution in [0.3, 0.4) is 0 Å². The van der Waals surface area contributed by atoms with Crippen LogP contribution in [0.5, 0.6) is 0 Å². The number of nitrogens with one attached hydrogen (secondary N) is 1. The van der Waals surface area contributed by atoms with Gasteiger partial charge >= 0.3 is 0 Å². The predicted molar refractivity (Wildman–Crippen MR) is 72.4 cm³/mol. The maximum absolute atomic E-state index is 12.0. The number of rotatable bonds is 4. The highest BCUT2D eigenvalue weighted by Gasteiger charge is 2.22. The second kappa shape index (κ2) is 6.17. The molecule has 1 fully saturated rings. The van der Waals surface area contributed by atoms with E-state index >= 15 is 0 Å². The highest BCUT2D eigenvalue weighted by atomic mass is 35.5. The number of nitrogens with zero attached hydrogens (tertiary/aromatic N) is 1. The summed E-state index contributed by atoms with van der Waals surface area (Å²) < 4.78 is 26.7. The van der Waals surface area contributed by atoms with E-state index in [0.29, 0.717) is 6.54 Å². The van der Waals surface area contributed by atoms with Crippen LogP contribution in [-0.4, -0.2) is 31.2 Å². The van der Waals surface area contributed by atoms with Crippen LogP contribution in [0, 0.1) is 5.92 Å². The number of hydrogen-bond acceptors (Lipinski definition) is 4. The molecule has 1 aliphatic carbocycles. The Morgan fingerprint density at radius 1 is 1.37 bits per heavy atom. The zero-order valence-corrected chi connectivity index (χ0v) is 12.0. The van der Waals surface area contributed by atoms with E-state index in [4.69, 9.17) is 11.6 Å². The van der Waals surface area contributed by atoms with Gasteiger partial charge in [-0.2, -0.15) is 0 Å². The molecule has 0 aromatic carbocycles. The summed E-state index contributed by atoms with van der Waals surface area (Å²) in [4.78, 5) is 3.89. The van der Waals surface area contributed by atoms with Gasteiger partial charge in [-0.1, -0.05) is 11.6 Å².